The van der Waals surface area contributed by atoms with Gasteiger partial charge in [-0.2, -0.15) is 0 Å². The van der Waals surface area contributed by atoms with Crippen molar-refractivity contribution in [1.82, 2.24) is 5.32 Å². The first kappa shape index (κ1) is 13.8. The topological polar surface area (TPSA) is 29.1 Å². The number of hydrogen-bond donors (Lipinski definition) is 1. The standard InChI is InChI=1S/C11H22ClNO/c1-9(2)10(14)13-8-11(3,4)6-5-7-12/h9H,5-8H2,1-4H3,(H,13,14). The first-order chi connectivity index (χ1) is 6.39. The Morgan fingerprint density at radius 3 is 2.43 bits per heavy atom. The summed E-state index contributed by atoms with van der Waals surface area (Å²) >= 11 is 5.63. The molecule has 0 fully saturated rings. The third-order valence-electron chi connectivity index (χ3n) is 2.25. The molecule has 1 amide bonds. The first-order valence-electron chi connectivity index (χ1n) is 5.23. The van der Waals surface area contributed by atoms with Crippen LogP contribution in [0.4, 0.5) is 0 Å². The van der Waals surface area contributed by atoms with Crippen LogP contribution in [0.15, 0.2) is 0 Å². The van der Waals surface area contributed by atoms with Crippen LogP contribution in [0.1, 0.15) is 40.5 Å². The molecule has 0 rings (SSSR count). The lowest BCUT2D eigenvalue weighted by Gasteiger charge is -2.25. The Labute approximate surface area is 92.4 Å². The molecular weight excluding hydrogens is 198 g/mol. The Balaban J connectivity index is 3.80. The smallest absolute Gasteiger partial charge is 0.222 e. The van der Waals surface area contributed by atoms with Gasteiger partial charge in [0.15, 0.2) is 0 Å². The SMILES string of the molecule is CC(C)C(=O)NCC(C)(C)CCCCl. The molecule has 0 saturated carbocycles. The van der Waals surface area contributed by atoms with E-state index in [4.69, 9.17) is 11.6 Å². The van der Waals surface area contributed by atoms with Crippen molar-refractivity contribution in [2.24, 2.45) is 11.3 Å². The fraction of sp³-hybridized carbons (Fsp3) is 0.909. The van der Waals surface area contributed by atoms with Crippen molar-refractivity contribution in [3.8, 4) is 0 Å². The van der Waals surface area contributed by atoms with Crippen molar-refractivity contribution in [2.75, 3.05) is 12.4 Å². The number of rotatable bonds is 6. The van der Waals surface area contributed by atoms with Gasteiger partial charge < -0.3 is 5.32 Å². The third-order valence-corrected chi connectivity index (χ3v) is 2.52. The van der Waals surface area contributed by atoms with Crippen molar-refractivity contribution in [3.63, 3.8) is 0 Å². The summed E-state index contributed by atoms with van der Waals surface area (Å²) in [5.74, 6) is 0.893. The van der Waals surface area contributed by atoms with Crippen LogP contribution in [-0.2, 0) is 4.79 Å². The van der Waals surface area contributed by atoms with E-state index < -0.39 is 0 Å². The second-order valence-electron chi connectivity index (χ2n) is 4.83. The lowest BCUT2D eigenvalue weighted by molar-refractivity contribution is -0.124. The van der Waals surface area contributed by atoms with E-state index in [0.29, 0.717) is 5.88 Å². The minimum absolute atomic E-state index is 0.0684. The maximum atomic E-state index is 11.3. The molecule has 0 aromatic rings. The van der Waals surface area contributed by atoms with Crippen LogP contribution >= 0.6 is 11.6 Å². The zero-order valence-corrected chi connectivity index (χ0v) is 10.4. The van der Waals surface area contributed by atoms with Gasteiger partial charge in [0.05, 0.1) is 0 Å². The molecular formula is C11H22ClNO. The minimum Gasteiger partial charge on any atom is -0.355 e. The van der Waals surface area contributed by atoms with E-state index in [2.05, 4.69) is 19.2 Å². The Morgan fingerprint density at radius 2 is 2.00 bits per heavy atom. The summed E-state index contributed by atoms with van der Waals surface area (Å²) in [5, 5.41) is 2.95. The molecule has 0 aromatic carbocycles. The van der Waals surface area contributed by atoms with E-state index in [-0.39, 0.29) is 17.2 Å². The van der Waals surface area contributed by atoms with E-state index in [1.54, 1.807) is 0 Å². The molecule has 0 unspecified atom stereocenters. The number of nitrogens with one attached hydrogen (secondary N) is 1. The fourth-order valence-corrected chi connectivity index (χ4v) is 1.30. The molecule has 0 spiro atoms. The molecule has 0 heterocycles. The number of halogens is 1. The molecule has 0 atom stereocenters. The van der Waals surface area contributed by atoms with Crippen molar-refractivity contribution in [2.45, 2.75) is 40.5 Å². The number of hydrogen-bond acceptors (Lipinski definition) is 1. The average molecular weight is 220 g/mol. The summed E-state index contributed by atoms with van der Waals surface area (Å²) in [6.45, 7) is 8.85. The molecule has 0 bridgehead atoms. The lowest BCUT2D eigenvalue weighted by Crippen LogP contribution is -2.36. The highest BCUT2D eigenvalue weighted by molar-refractivity contribution is 6.17. The molecule has 1 N–H and O–H groups in total. The average Bonchev–Trinajstić information content (AvgIpc) is 2.11. The van der Waals surface area contributed by atoms with Gasteiger partial charge in [-0.3, -0.25) is 4.79 Å². The van der Waals surface area contributed by atoms with Crippen LogP contribution < -0.4 is 5.32 Å². The molecule has 0 aliphatic rings. The quantitative estimate of drug-likeness (QED) is 0.684. The number of alkyl halides is 1. The lowest BCUT2D eigenvalue weighted by atomic mass is 9.88. The van der Waals surface area contributed by atoms with Crippen LogP contribution in [0, 0.1) is 11.3 Å². The van der Waals surface area contributed by atoms with Gasteiger partial charge in [-0.25, -0.2) is 0 Å². The summed E-state index contributed by atoms with van der Waals surface area (Å²) < 4.78 is 0. The van der Waals surface area contributed by atoms with Crippen LogP contribution in [0.25, 0.3) is 0 Å². The Kier molecular flexibility index (Phi) is 6.17. The van der Waals surface area contributed by atoms with Crippen LogP contribution in [0.5, 0.6) is 0 Å². The van der Waals surface area contributed by atoms with Crippen molar-refractivity contribution >= 4 is 17.5 Å². The van der Waals surface area contributed by atoms with Gasteiger partial charge in [0.1, 0.15) is 0 Å². The highest BCUT2D eigenvalue weighted by Crippen LogP contribution is 2.21. The molecule has 0 aliphatic heterocycles. The molecule has 0 saturated heterocycles. The van der Waals surface area contributed by atoms with Crippen molar-refractivity contribution < 1.29 is 4.79 Å². The van der Waals surface area contributed by atoms with E-state index in [9.17, 15) is 4.79 Å². The maximum absolute atomic E-state index is 11.3. The molecule has 2 nitrogen and oxygen atoms in total. The van der Waals surface area contributed by atoms with Gasteiger partial charge in [-0.1, -0.05) is 27.7 Å². The molecule has 0 radical (unpaired) electrons. The monoisotopic (exact) mass is 219 g/mol. The Morgan fingerprint density at radius 1 is 1.43 bits per heavy atom. The highest BCUT2D eigenvalue weighted by atomic mass is 35.5. The first-order valence-corrected chi connectivity index (χ1v) is 5.76. The predicted octanol–water partition coefficient (Wildman–Crippen LogP) is 2.80. The molecule has 0 aromatic heterocycles. The molecule has 14 heavy (non-hydrogen) atoms. The van der Waals surface area contributed by atoms with Gasteiger partial charge in [0, 0.05) is 18.3 Å². The van der Waals surface area contributed by atoms with E-state index in [0.717, 1.165) is 19.4 Å². The van der Waals surface area contributed by atoms with E-state index in [1.807, 2.05) is 13.8 Å². The van der Waals surface area contributed by atoms with Crippen LogP contribution in [0.3, 0.4) is 0 Å². The van der Waals surface area contributed by atoms with Gasteiger partial charge in [0.25, 0.3) is 0 Å². The summed E-state index contributed by atoms with van der Waals surface area (Å²) in [7, 11) is 0. The zero-order valence-electron chi connectivity index (χ0n) is 9.69. The Hall–Kier alpha value is -0.240. The maximum Gasteiger partial charge on any atom is 0.222 e. The number of amides is 1. The van der Waals surface area contributed by atoms with Gasteiger partial charge in [0.2, 0.25) is 5.91 Å². The van der Waals surface area contributed by atoms with E-state index in [1.165, 1.54) is 0 Å². The third kappa shape index (κ3) is 6.25. The van der Waals surface area contributed by atoms with Crippen LogP contribution in [0.2, 0.25) is 0 Å². The van der Waals surface area contributed by atoms with Crippen molar-refractivity contribution in [3.05, 3.63) is 0 Å². The largest absolute Gasteiger partial charge is 0.355 e. The number of carbonyl (C=O) groups excluding carboxylic acids is 1. The van der Waals surface area contributed by atoms with Gasteiger partial charge in [-0.05, 0) is 18.3 Å². The fourth-order valence-electron chi connectivity index (χ4n) is 1.16. The Bertz CT molecular complexity index is 178. The summed E-state index contributed by atoms with van der Waals surface area (Å²) in [6, 6.07) is 0. The summed E-state index contributed by atoms with van der Waals surface area (Å²) in [5.41, 5.74) is 0.152. The van der Waals surface area contributed by atoms with Crippen molar-refractivity contribution in [1.29, 1.82) is 0 Å². The van der Waals surface area contributed by atoms with Gasteiger partial charge in [-0.15, -0.1) is 11.6 Å². The predicted molar refractivity (Wildman–Crippen MR) is 61.6 cm³/mol. The summed E-state index contributed by atoms with van der Waals surface area (Å²) in [6.07, 6.45) is 2.06. The highest BCUT2D eigenvalue weighted by Gasteiger charge is 2.18. The normalized spacial score (nSPS) is 11.9. The number of carbonyl (C=O) groups is 1. The zero-order chi connectivity index (χ0) is 11.2. The van der Waals surface area contributed by atoms with E-state index >= 15 is 0 Å². The molecule has 0 aliphatic carbocycles. The van der Waals surface area contributed by atoms with Gasteiger partial charge >= 0.3 is 0 Å². The van der Waals surface area contributed by atoms with Crippen LogP contribution in [-0.4, -0.2) is 18.3 Å². The minimum atomic E-state index is 0.0684. The second kappa shape index (κ2) is 6.28. The summed E-state index contributed by atoms with van der Waals surface area (Å²) in [4.78, 5) is 11.3. The molecule has 3 heteroatoms. The second-order valence-corrected chi connectivity index (χ2v) is 5.21. The molecule has 84 valence electrons.